The molecule has 0 aliphatic heterocycles. The zero-order valence-electron chi connectivity index (χ0n) is 10.1. The molecule has 1 N–H and O–H groups in total. The molecule has 3 nitrogen and oxygen atoms in total. The van der Waals surface area contributed by atoms with Gasteiger partial charge in [-0.2, -0.15) is 0 Å². The summed E-state index contributed by atoms with van der Waals surface area (Å²) in [7, 11) is 0. The van der Waals surface area contributed by atoms with Gasteiger partial charge in [0.2, 0.25) is 0 Å². The zero-order valence-corrected chi connectivity index (χ0v) is 11.6. The molecule has 0 amide bonds. The first-order valence-corrected chi connectivity index (χ1v) is 6.48. The molecule has 100 valence electrons. The quantitative estimate of drug-likeness (QED) is 0.862. The lowest BCUT2D eigenvalue weighted by Gasteiger charge is -2.08. The van der Waals surface area contributed by atoms with E-state index in [9.17, 15) is 9.50 Å². The Labute approximate surface area is 120 Å². The van der Waals surface area contributed by atoms with Crippen molar-refractivity contribution in [2.24, 2.45) is 0 Å². The highest BCUT2D eigenvalue weighted by molar-refractivity contribution is 6.34. The maximum absolute atomic E-state index is 13.2. The molecule has 6 heteroatoms. The van der Waals surface area contributed by atoms with E-state index >= 15 is 0 Å². The molecular weight excluding hydrogens is 290 g/mol. The van der Waals surface area contributed by atoms with Crippen LogP contribution >= 0.6 is 23.2 Å². The Morgan fingerprint density at radius 3 is 2.32 bits per heavy atom. The number of phenolic OH excluding ortho intramolecular Hbond substituents is 1. The van der Waals surface area contributed by atoms with E-state index < -0.39 is 5.82 Å². The van der Waals surface area contributed by atoms with Gasteiger partial charge in [0.1, 0.15) is 21.9 Å². The fourth-order valence-corrected chi connectivity index (χ4v) is 2.30. The number of halogens is 3. The molecule has 0 unspecified atom stereocenters. The zero-order chi connectivity index (χ0) is 14.0. The van der Waals surface area contributed by atoms with Crippen LogP contribution in [0.2, 0.25) is 10.3 Å². The molecule has 0 bridgehead atoms. The van der Waals surface area contributed by atoms with Crippen molar-refractivity contribution < 1.29 is 9.50 Å². The molecule has 0 radical (unpaired) electrons. The Morgan fingerprint density at radius 2 is 1.79 bits per heavy atom. The number of hydrogen-bond acceptors (Lipinski definition) is 3. The van der Waals surface area contributed by atoms with Crippen molar-refractivity contribution in [1.82, 2.24) is 9.97 Å². The predicted octanol–water partition coefficient (Wildman–Crippen LogP) is 4.25. The lowest BCUT2D eigenvalue weighted by Crippen LogP contribution is -1.97. The second kappa shape index (κ2) is 5.72. The molecule has 0 atom stereocenters. The summed E-state index contributed by atoms with van der Waals surface area (Å²) >= 11 is 12.1. The van der Waals surface area contributed by atoms with Gasteiger partial charge in [-0.3, -0.25) is 0 Å². The molecular formula is C13H11Cl2FN2O. The summed E-state index contributed by atoms with van der Waals surface area (Å²) in [6, 6.07) is 3.56. The van der Waals surface area contributed by atoms with Gasteiger partial charge in [-0.15, -0.1) is 0 Å². The maximum Gasteiger partial charge on any atom is 0.162 e. The Kier molecular flexibility index (Phi) is 4.22. The van der Waals surface area contributed by atoms with Crippen molar-refractivity contribution in [1.29, 1.82) is 0 Å². The summed E-state index contributed by atoms with van der Waals surface area (Å²) in [4.78, 5) is 8.19. The summed E-state index contributed by atoms with van der Waals surface area (Å²) in [5.41, 5.74) is 1.000. The molecule has 2 rings (SSSR count). The molecule has 19 heavy (non-hydrogen) atoms. The fraction of sp³-hybridized carbons (Fsp3) is 0.231. The van der Waals surface area contributed by atoms with Crippen LogP contribution < -0.4 is 0 Å². The SMILES string of the molecule is CCCc1c(Cl)nc(-c2cc(O)cc(F)c2)nc1Cl. The van der Waals surface area contributed by atoms with Crippen molar-refractivity contribution in [3.8, 4) is 17.1 Å². The van der Waals surface area contributed by atoms with Crippen LogP contribution in [0.5, 0.6) is 5.75 Å². The number of nitrogens with zero attached hydrogens (tertiary/aromatic N) is 2. The minimum absolute atomic E-state index is 0.185. The topological polar surface area (TPSA) is 46.0 Å². The van der Waals surface area contributed by atoms with Gasteiger partial charge in [-0.25, -0.2) is 14.4 Å². The first kappa shape index (κ1) is 14.0. The summed E-state index contributed by atoms with van der Waals surface area (Å²) in [5.74, 6) is -0.600. The van der Waals surface area contributed by atoms with Crippen molar-refractivity contribution in [2.45, 2.75) is 19.8 Å². The van der Waals surface area contributed by atoms with Crippen LogP contribution in [0.15, 0.2) is 18.2 Å². The van der Waals surface area contributed by atoms with Gasteiger partial charge in [-0.1, -0.05) is 36.5 Å². The summed E-state index contributed by atoms with van der Waals surface area (Å²) in [6.45, 7) is 1.99. The van der Waals surface area contributed by atoms with E-state index in [1.54, 1.807) is 0 Å². The van der Waals surface area contributed by atoms with Crippen LogP contribution in [0, 0.1) is 5.82 Å². The molecule has 0 saturated carbocycles. The van der Waals surface area contributed by atoms with E-state index in [1.165, 1.54) is 12.1 Å². The monoisotopic (exact) mass is 300 g/mol. The lowest BCUT2D eigenvalue weighted by molar-refractivity contribution is 0.469. The number of hydrogen-bond donors (Lipinski definition) is 1. The third-order valence-electron chi connectivity index (χ3n) is 2.55. The van der Waals surface area contributed by atoms with Crippen molar-refractivity contribution >= 4 is 23.2 Å². The first-order valence-electron chi connectivity index (χ1n) is 5.73. The van der Waals surface area contributed by atoms with Gasteiger partial charge >= 0.3 is 0 Å². The Bertz CT molecular complexity index is 576. The Balaban J connectivity index is 2.51. The number of aromatic nitrogens is 2. The summed E-state index contributed by atoms with van der Waals surface area (Å²) in [6.07, 6.45) is 1.54. The van der Waals surface area contributed by atoms with Gasteiger partial charge in [-0.05, 0) is 18.6 Å². The lowest BCUT2D eigenvalue weighted by atomic mass is 10.1. The average Bonchev–Trinajstić information content (AvgIpc) is 2.32. The molecule has 1 aromatic carbocycles. The molecule has 1 aromatic heterocycles. The molecule has 2 aromatic rings. The van der Waals surface area contributed by atoms with Gasteiger partial charge in [0.15, 0.2) is 5.82 Å². The maximum atomic E-state index is 13.2. The normalized spacial score (nSPS) is 10.7. The van der Waals surface area contributed by atoms with Crippen molar-refractivity contribution in [3.63, 3.8) is 0 Å². The summed E-state index contributed by atoms with van der Waals surface area (Å²) < 4.78 is 13.2. The highest BCUT2D eigenvalue weighted by atomic mass is 35.5. The summed E-state index contributed by atoms with van der Waals surface area (Å²) in [5, 5.41) is 9.87. The largest absolute Gasteiger partial charge is 0.508 e. The van der Waals surface area contributed by atoms with E-state index in [1.807, 2.05) is 6.92 Å². The molecule has 0 saturated heterocycles. The third-order valence-corrected chi connectivity index (χ3v) is 3.17. The predicted molar refractivity (Wildman–Crippen MR) is 73.1 cm³/mol. The van der Waals surface area contributed by atoms with Crippen LogP contribution in [0.1, 0.15) is 18.9 Å². The van der Waals surface area contributed by atoms with E-state index in [-0.39, 0.29) is 21.9 Å². The van der Waals surface area contributed by atoms with Crippen LogP contribution in [0.3, 0.4) is 0 Å². The third kappa shape index (κ3) is 3.14. The Morgan fingerprint density at radius 1 is 1.16 bits per heavy atom. The van der Waals surface area contributed by atoms with Gasteiger partial charge in [0.25, 0.3) is 0 Å². The van der Waals surface area contributed by atoms with Crippen LogP contribution in [-0.4, -0.2) is 15.1 Å². The second-order valence-corrected chi connectivity index (χ2v) is 4.77. The highest BCUT2D eigenvalue weighted by Crippen LogP contribution is 2.28. The van der Waals surface area contributed by atoms with E-state index in [0.29, 0.717) is 17.5 Å². The van der Waals surface area contributed by atoms with Crippen LogP contribution in [0.4, 0.5) is 4.39 Å². The van der Waals surface area contributed by atoms with Gasteiger partial charge in [0.05, 0.1) is 0 Å². The van der Waals surface area contributed by atoms with Crippen molar-refractivity contribution in [2.75, 3.05) is 0 Å². The standard InChI is InChI=1S/C13H11Cl2FN2O/c1-2-3-10-11(14)17-13(18-12(10)15)7-4-8(16)6-9(19)5-7/h4-6,19H,2-3H2,1H3. The van der Waals surface area contributed by atoms with Crippen LogP contribution in [-0.2, 0) is 6.42 Å². The van der Waals surface area contributed by atoms with Crippen molar-refractivity contribution in [3.05, 3.63) is 39.9 Å². The molecule has 0 aliphatic carbocycles. The number of benzene rings is 1. The van der Waals surface area contributed by atoms with E-state index in [2.05, 4.69) is 9.97 Å². The minimum Gasteiger partial charge on any atom is -0.508 e. The molecule has 0 spiro atoms. The number of phenols is 1. The molecule has 1 heterocycles. The fourth-order valence-electron chi connectivity index (χ4n) is 1.72. The van der Waals surface area contributed by atoms with Crippen LogP contribution in [0.25, 0.3) is 11.4 Å². The van der Waals surface area contributed by atoms with E-state index in [4.69, 9.17) is 23.2 Å². The average molecular weight is 301 g/mol. The van der Waals surface area contributed by atoms with Gasteiger partial charge in [0, 0.05) is 17.2 Å². The number of aromatic hydroxyl groups is 1. The Hall–Kier alpha value is -1.39. The molecule has 0 aliphatic rings. The van der Waals surface area contributed by atoms with E-state index in [0.717, 1.165) is 12.5 Å². The first-order chi connectivity index (χ1) is 9.01. The second-order valence-electron chi connectivity index (χ2n) is 4.06. The smallest absolute Gasteiger partial charge is 0.162 e. The van der Waals surface area contributed by atoms with Gasteiger partial charge < -0.3 is 5.11 Å². The molecule has 0 fully saturated rings. The highest BCUT2D eigenvalue weighted by Gasteiger charge is 2.13. The number of rotatable bonds is 3. The minimum atomic E-state index is -0.580.